The molecular weight excluding hydrogens is 302 g/mol. The number of rotatable bonds is 4. The van der Waals surface area contributed by atoms with Gasteiger partial charge in [0.25, 0.3) is 5.89 Å². The largest absolute Gasteiger partial charge is 0.481 e. The molecule has 0 saturated carbocycles. The number of aryl methyl sites for hydroxylation is 1. The first-order valence-electron chi connectivity index (χ1n) is 6.81. The average molecular weight is 316 g/mol. The van der Waals surface area contributed by atoms with Crippen LogP contribution in [0.2, 0.25) is 5.02 Å². The van der Waals surface area contributed by atoms with Crippen LogP contribution in [0.5, 0.6) is 5.75 Å². The first kappa shape index (κ1) is 14.5. The van der Waals surface area contributed by atoms with E-state index < -0.39 is 0 Å². The Morgan fingerprint density at radius 2 is 2.09 bits per heavy atom. The molecule has 0 radical (unpaired) electrons. The molecule has 0 amide bonds. The summed E-state index contributed by atoms with van der Waals surface area (Å²) in [5.41, 5.74) is 1.61. The lowest BCUT2D eigenvalue weighted by Gasteiger charge is -2.11. The Morgan fingerprint density at radius 3 is 2.82 bits per heavy atom. The maximum atomic E-state index is 6.00. The lowest BCUT2D eigenvalue weighted by atomic mass is 10.2. The van der Waals surface area contributed by atoms with Crippen LogP contribution < -0.4 is 4.74 Å². The number of halogens is 1. The minimum Gasteiger partial charge on any atom is -0.481 e. The Hall–Kier alpha value is -2.40. The first-order chi connectivity index (χ1) is 10.6. The maximum absolute atomic E-state index is 6.00. The van der Waals surface area contributed by atoms with Crippen LogP contribution in [0.4, 0.5) is 0 Å². The average Bonchev–Trinajstić information content (AvgIpc) is 3.02. The fourth-order valence-corrected chi connectivity index (χ4v) is 2.06. The van der Waals surface area contributed by atoms with Crippen molar-refractivity contribution in [3.05, 3.63) is 59.1 Å². The Balaban J connectivity index is 1.77. The molecule has 0 fully saturated rings. The van der Waals surface area contributed by atoms with Crippen LogP contribution in [0.1, 0.15) is 24.5 Å². The highest BCUT2D eigenvalue weighted by atomic mass is 35.5. The van der Waals surface area contributed by atoms with Gasteiger partial charge in [0.05, 0.1) is 0 Å². The lowest BCUT2D eigenvalue weighted by Crippen LogP contribution is -2.03. The van der Waals surface area contributed by atoms with Gasteiger partial charge in [0.2, 0.25) is 5.82 Å². The van der Waals surface area contributed by atoms with Gasteiger partial charge in [0.1, 0.15) is 11.4 Å². The summed E-state index contributed by atoms with van der Waals surface area (Å²) in [6.45, 7) is 3.77. The van der Waals surface area contributed by atoms with Crippen molar-refractivity contribution in [2.75, 3.05) is 0 Å². The highest BCUT2D eigenvalue weighted by Gasteiger charge is 2.17. The van der Waals surface area contributed by atoms with Gasteiger partial charge < -0.3 is 9.26 Å². The molecule has 0 aliphatic rings. The number of hydrogen-bond acceptors (Lipinski definition) is 5. The molecule has 0 unspecified atom stereocenters. The third kappa shape index (κ3) is 3.09. The van der Waals surface area contributed by atoms with E-state index in [0.717, 1.165) is 5.56 Å². The van der Waals surface area contributed by atoms with Crippen molar-refractivity contribution in [3.8, 4) is 17.3 Å². The van der Waals surface area contributed by atoms with E-state index in [2.05, 4.69) is 15.1 Å². The van der Waals surface area contributed by atoms with Crippen molar-refractivity contribution < 1.29 is 9.26 Å². The second-order valence-electron chi connectivity index (χ2n) is 4.84. The highest BCUT2D eigenvalue weighted by Crippen LogP contribution is 2.26. The van der Waals surface area contributed by atoms with Gasteiger partial charge >= 0.3 is 0 Å². The molecule has 22 heavy (non-hydrogen) atoms. The summed E-state index contributed by atoms with van der Waals surface area (Å²) in [6.07, 6.45) is 1.31. The number of pyridine rings is 1. The summed E-state index contributed by atoms with van der Waals surface area (Å²) in [7, 11) is 0. The SMILES string of the molecule is Cc1cc(O[C@@H](C)c2nc(-c3ccccn3)no2)ccc1Cl. The predicted octanol–water partition coefficient (Wildman–Crippen LogP) is 4.23. The summed E-state index contributed by atoms with van der Waals surface area (Å²) in [5.74, 6) is 1.54. The van der Waals surface area contributed by atoms with Gasteiger partial charge in [-0.25, -0.2) is 0 Å². The van der Waals surface area contributed by atoms with E-state index in [9.17, 15) is 0 Å². The normalized spacial score (nSPS) is 12.1. The topological polar surface area (TPSA) is 61.0 Å². The number of benzene rings is 1. The van der Waals surface area contributed by atoms with Gasteiger partial charge in [-0.2, -0.15) is 4.98 Å². The summed E-state index contributed by atoms with van der Waals surface area (Å²) in [5, 5.41) is 4.63. The second kappa shape index (κ2) is 6.15. The van der Waals surface area contributed by atoms with E-state index in [4.69, 9.17) is 20.9 Å². The smallest absolute Gasteiger partial charge is 0.267 e. The third-order valence-corrected chi connectivity index (χ3v) is 3.55. The minimum absolute atomic E-state index is 0.370. The third-order valence-electron chi connectivity index (χ3n) is 3.13. The molecule has 0 spiro atoms. The second-order valence-corrected chi connectivity index (χ2v) is 5.25. The van der Waals surface area contributed by atoms with Crippen LogP contribution >= 0.6 is 11.6 Å². The molecule has 0 saturated heterocycles. The zero-order chi connectivity index (χ0) is 15.5. The van der Waals surface area contributed by atoms with Crippen molar-refractivity contribution in [2.24, 2.45) is 0 Å². The van der Waals surface area contributed by atoms with E-state index >= 15 is 0 Å². The first-order valence-corrected chi connectivity index (χ1v) is 7.19. The van der Waals surface area contributed by atoms with Crippen LogP contribution in [0, 0.1) is 6.92 Å². The molecule has 6 heteroatoms. The number of ether oxygens (including phenoxy) is 1. The maximum Gasteiger partial charge on any atom is 0.267 e. The Bertz CT molecular complexity index is 774. The van der Waals surface area contributed by atoms with Crippen molar-refractivity contribution in [3.63, 3.8) is 0 Å². The Morgan fingerprint density at radius 1 is 1.23 bits per heavy atom. The quantitative estimate of drug-likeness (QED) is 0.721. The van der Waals surface area contributed by atoms with Crippen LogP contribution in [0.15, 0.2) is 47.1 Å². The van der Waals surface area contributed by atoms with Gasteiger partial charge in [-0.15, -0.1) is 0 Å². The van der Waals surface area contributed by atoms with Gasteiger partial charge in [0.15, 0.2) is 6.10 Å². The predicted molar refractivity (Wildman–Crippen MR) is 82.8 cm³/mol. The molecule has 3 aromatic rings. The number of nitrogens with zero attached hydrogens (tertiary/aromatic N) is 3. The van der Waals surface area contributed by atoms with E-state index in [-0.39, 0.29) is 6.10 Å². The van der Waals surface area contributed by atoms with Crippen LogP contribution in [-0.2, 0) is 0 Å². The van der Waals surface area contributed by atoms with Crippen molar-refractivity contribution in [2.45, 2.75) is 20.0 Å². The molecule has 0 aliphatic carbocycles. The van der Waals surface area contributed by atoms with Gasteiger partial charge in [-0.05, 0) is 49.7 Å². The van der Waals surface area contributed by atoms with Gasteiger partial charge in [-0.1, -0.05) is 22.8 Å². The molecule has 3 rings (SSSR count). The van der Waals surface area contributed by atoms with Gasteiger partial charge in [0, 0.05) is 11.2 Å². The van der Waals surface area contributed by atoms with Crippen molar-refractivity contribution in [1.29, 1.82) is 0 Å². The molecule has 5 nitrogen and oxygen atoms in total. The standard InChI is InChI=1S/C16H14ClN3O2/c1-10-9-12(6-7-13(10)17)21-11(2)16-19-15(20-22-16)14-5-3-4-8-18-14/h3-9,11H,1-2H3/t11-/m0/s1. The fourth-order valence-electron chi connectivity index (χ4n) is 1.94. The van der Waals surface area contributed by atoms with Crippen molar-refractivity contribution in [1.82, 2.24) is 15.1 Å². The summed E-state index contributed by atoms with van der Waals surface area (Å²) < 4.78 is 11.1. The van der Waals surface area contributed by atoms with E-state index in [1.54, 1.807) is 12.3 Å². The minimum atomic E-state index is -0.370. The van der Waals surface area contributed by atoms with Crippen LogP contribution in [0.3, 0.4) is 0 Å². The van der Waals surface area contributed by atoms with E-state index in [0.29, 0.717) is 28.2 Å². The molecule has 2 aromatic heterocycles. The number of hydrogen-bond donors (Lipinski definition) is 0. The molecule has 2 heterocycles. The summed E-state index contributed by atoms with van der Waals surface area (Å²) >= 11 is 6.00. The summed E-state index contributed by atoms with van der Waals surface area (Å²) in [6, 6.07) is 11.0. The lowest BCUT2D eigenvalue weighted by molar-refractivity contribution is 0.175. The molecule has 0 aliphatic heterocycles. The summed E-state index contributed by atoms with van der Waals surface area (Å²) in [4.78, 5) is 8.51. The molecule has 1 aromatic carbocycles. The van der Waals surface area contributed by atoms with Crippen LogP contribution in [0.25, 0.3) is 11.5 Å². The molecule has 0 N–H and O–H groups in total. The Labute approximate surface area is 132 Å². The van der Waals surface area contributed by atoms with Crippen LogP contribution in [-0.4, -0.2) is 15.1 Å². The molecule has 0 bridgehead atoms. The molecule has 112 valence electrons. The van der Waals surface area contributed by atoms with Crippen molar-refractivity contribution >= 4 is 11.6 Å². The molecular formula is C16H14ClN3O2. The fraction of sp³-hybridized carbons (Fsp3) is 0.188. The monoisotopic (exact) mass is 315 g/mol. The zero-order valence-corrected chi connectivity index (χ0v) is 12.9. The number of aromatic nitrogens is 3. The highest BCUT2D eigenvalue weighted by molar-refractivity contribution is 6.31. The van der Waals surface area contributed by atoms with E-state index in [1.807, 2.05) is 44.2 Å². The Kier molecular flexibility index (Phi) is 4.06. The van der Waals surface area contributed by atoms with Gasteiger partial charge in [-0.3, -0.25) is 4.98 Å². The zero-order valence-electron chi connectivity index (χ0n) is 12.2. The molecule has 1 atom stereocenters. The van der Waals surface area contributed by atoms with E-state index in [1.165, 1.54) is 0 Å².